The van der Waals surface area contributed by atoms with E-state index in [9.17, 15) is 22.8 Å². The highest BCUT2D eigenvalue weighted by Gasteiger charge is 2.40. The van der Waals surface area contributed by atoms with Gasteiger partial charge in [0.1, 0.15) is 18.0 Å². The SMILES string of the molecule is CCCC(c1cc(NC(=O)c2ccccc2Oc2ccccc2)cc2c1C(C(=O)NCC(F)(F)F)c1ccccc1-2)N1CCCC1.Cl. The van der Waals surface area contributed by atoms with Gasteiger partial charge in [0.15, 0.2) is 0 Å². The van der Waals surface area contributed by atoms with E-state index in [2.05, 4.69) is 22.5 Å². The highest BCUT2D eigenvalue weighted by atomic mass is 35.5. The first-order valence-corrected chi connectivity index (χ1v) is 15.7. The molecule has 2 amide bonds. The first-order valence-electron chi connectivity index (χ1n) is 15.7. The molecule has 0 saturated carbocycles. The summed E-state index contributed by atoms with van der Waals surface area (Å²) in [6.07, 6.45) is -0.770. The molecule has 6 rings (SSSR count). The number of hydrogen-bond donors (Lipinski definition) is 2. The second-order valence-corrected chi connectivity index (χ2v) is 11.8. The van der Waals surface area contributed by atoms with Crippen LogP contribution in [0.3, 0.4) is 0 Å². The number of fused-ring (bicyclic) bond motifs is 3. The van der Waals surface area contributed by atoms with Crippen LogP contribution in [0.5, 0.6) is 11.5 Å². The quantitative estimate of drug-likeness (QED) is 0.178. The van der Waals surface area contributed by atoms with E-state index < -0.39 is 24.5 Å². The third-order valence-electron chi connectivity index (χ3n) is 8.65. The zero-order chi connectivity index (χ0) is 32.3. The van der Waals surface area contributed by atoms with E-state index in [1.807, 2.05) is 54.6 Å². The molecule has 47 heavy (non-hydrogen) atoms. The summed E-state index contributed by atoms with van der Waals surface area (Å²) < 4.78 is 45.6. The van der Waals surface area contributed by atoms with Crippen molar-refractivity contribution in [3.63, 3.8) is 0 Å². The number of nitrogens with zero attached hydrogens (tertiary/aromatic N) is 1. The zero-order valence-electron chi connectivity index (χ0n) is 26.0. The van der Waals surface area contributed by atoms with Crippen LogP contribution in [-0.4, -0.2) is 42.5 Å². The topological polar surface area (TPSA) is 70.7 Å². The van der Waals surface area contributed by atoms with Gasteiger partial charge in [-0.3, -0.25) is 14.5 Å². The molecule has 2 aliphatic rings. The summed E-state index contributed by atoms with van der Waals surface area (Å²) in [6.45, 7) is 2.47. The maximum atomic E-state index is 13.8. The van der Waals surface area contributed by atoms with E-state index in [0.29, 0.717) is 33.9 Å². The van der Waals surface area contributed by atoms with Crippen molar-refractivity contribution in [2.24, 2.45) is 0 Å². The molecule has 6 nitrogen and oxygen atoms in total. The van der Waals surface area contributed by atoms with Gasteiger partial charge in [0, 0.05) is 11.7 Å². The molecule has 2 atom stereocenters. The minimum absolute atomic E-state index is 0. The average molecular weight is 664 g/mol. The van der Waals surface area contributed by atoms with Gasteiger partial charge < -0.3 is 15.4 Å². The predicted molar refractivity (Wildman–Crippen MR) is 179 cm³/mol. The van der Waals surface area contributed by atoms with Crippen molar-refractivity contribution in [1.82, 2.24) is 10.2 Å². The van der Waals surface area contributed by atoms with Gasteiger partial charge in [0.2, 0.25) is 5.91 Å². The van der Waals surface area contributed by atoms with Crippen LogP contribution >= 0.6 is 12.4 Å². The van der Waals surface area contributed by atoms with Crippen LogP contribution in [0.1, 0.15) is 71.6 Å². The van der Waals surface area contributed by atoms with Gasteiger partial charge >= 0.3 is 6.18 Å². The van der Waals surface area contributed by atoms with Crippen LogP contribution in [0.15, 0.2) is 91.0 Å². The van der Waals surface area contributed by atoms with Gasteiger partial charge in [-0.05, 0) is 96.6 Å². The summed E-state index contributed by atoms with van der Waals surface area (Å²) >= 11 is 0. The number of para-hydroxylation sites is 2. The molecule has 246 valence electrons. The van der Waals surface area contributed by atoms with Gasteiger partial charge in [-0.15, -0.1) is 12.4 Å². The van der Waals surface area contributed by atoms with Crippen molar-refractivity contribution in [3.8, 4) is 22.6 Å². The minimum atomic E-state index is -4.53. The van der Waals surface area contributed by atoms with Crippen molar-refractivity contribution >= 4 is 29.9 Å². The van der Waals surface area contributed by atoms with Gasteiger partial charge in [-0.1, -0.05) is 67.9 Å². The number of hydrogen-bond acceptors (Lipinski definition) is 4. The fourth-order valence-electron chi connectivity index (χ4n) is 6.70. The van der Waals surface area contributed by atoms with Crippen LogP contribution < -0.4 is 15.4 Å². The van der Waals surface area contributed by atoms with Crippen molar-refractivity contribution in [1.29, 1.82) is 0 Å². The van der Waals surface area contributed by atoms with Crippen LogP contribution in [0.2, 0.25) is 0 Å². The van der Waals surface area contributed by atoms with Crippen molar-refractivity contribution in [2.45, 2.75) is 50.7 Å². The first kappa shape index (κ1) is 34.0. The molecular formula is C37H37ClF3N3O3. The predicted octanol–water partition coefficient (Wildman–Crippen LogP) is 8.88. The second kappa shape index (κ2) is 14.6. The Morgan fingerprint density at radius 3 is 2.32 bits per heavy atom. The Morgan fingerprint density at radius 2 is 1.60 bits per heavy atom. The lowest BCUT2D eigenvalue weighted by Crippen LogP contribution is -2.37. The maximum absolute atomic E-state index is 13.8. The summed E-state index contributed by atoms with van der Waals surface area (Å²) in [7, 11) is 0. The Bertz CT molecular complexity index is 1730. The smallest absolute Gasteiger partial charge is 0.405 e. The molecule has 0 radical (unpaired) electrons. The normalized spacial score (nSPS) is 16.0. The second-order valence-electron chi connectivity index (χ2n) is 11.8. The number of halogens is 4. The number of amides is 2. The van der Waals surface area contributed by atoms with Crippen LogP contribution in [-0.2, 0) is 4.79 Å². The Hall–Kier alpha value is -4.34. The number of alkyl halides is 3. The number of likely N-dealkylation sites (tertiary alicyclic amines) is 1. The molecule has 10 heteroatoms. The Kier molecular flexibility index (Phi) is 10.6. The number of carbonyl (C=O) groups excluding carboxylic acids is 2. The molecule has 1 aliphatic heterocycles. The van der Waals surface area contributed by atoms with E-state index in [1.165, 1.54) is 0 Å². The third kappa shape index (κ3) is 7.47. The first-order chi connectivity index (χ1) is 22.2. The highest BCUT2D eigenvalue weighted by molar-refractivity contribution is 6.07. The molecular weight excluding hydrogens is 627 g/mol. The molecule has 0 spiro atoms. The number of rotatable bonds is 10. The third-order valence-corrected chi connectivity index (χ3v) is 8.65. The van der Waals surface area contributed by atoms with E-state index >= 15 is 0 Å². The summed E-state index contributed by atoms with van der Waals surface area (Å²) in [5.41, 5.74) is 4.62. The molecule has 4 aromatic carbocycles. The highest BCUT2D eigenvalue weighted by Crippen LogP contribution is 2.50. The monoisotopic (exact) mass is 663 g/mol. The molecule has 1 saturated heterocycles. The minimum Gasteiger partial charge on any atom is -0.457 e. The van der Waals surface area contributed by atoms with Crippen LogP contribution in [0, 0.1) is 0 Å². The van der Waals surface area contributed by atoms with Gasteiger partial charge in [-0.25, -0.2) is 0 Å². The Morgan fingerprint density at radius 1 is 0.915 bits per heavy atom. The Balaban J connectivity index is 0.00000433. The molecule has 1 fully saturated rings. The standard InChI is InChI=1S/C37H36F3N3O3.ClH/c1-2-12-31(43-19-10-11-20-43)30-22-24(42-35(44)28-17-8-9-18-32(28)46-25-13-4-3-5-14-25)21-29-26-15-6-7-16-27(26)34(33(29)30)36(45)41-23-37(38,39)40;/h3-9,13-18,21-22,31,34H,2,10-12,19-20,23H2,1H3,(H,41,45)(H,42,44);1H. The number of nitrogens with one attached hydrogen (secondary N) is 2. The lowest BCUT2D eigenvalue weighted by molar-refractivity contribution is -0.138. The molecule has 1 heterocycles. The van der Waals surface area contributed by atoms with Gasteiger partial charge in [-0.2, -0.15) is 13.2 Å². The van der Waals surface area contributed by atoms with Crippen molar-refractivity contribution in [2.75, 3.05) is 25.0 Å². The number of ether oxygens (including phenoxy) is 1. The van der Waals surface area contributed by atoms with E-state index in [0.717, 1.165) is 55.5 Å². The van der Waals surface area contributed by atoms with Crippen LogP contribution in [0.4, 0.5) is 18.9 Å². The van der Waals surface area contributed by atoms with E-state index in [4.69, 9.17) is 4.74 Å². The molecule has 1 aliphatic carbocycles. The lowest BCUT2D eigenvalue weighted by Gasteiger charge is -2.31. The van der Waals surface area contributed by atoms with E-state index in [1.54, 1.807) is 36.4 Å². The molecule has 2 unspecified atom stereocenters. The number of carbonyl (C=O) groups is 2. The summed E-state index contributed by atoms with van der Waals surface area (Å²) in [5, 5.41) is 5.22. The number of anilines is 1. The summed E-state index contributed by atoms with van der Waals surface area (Å²) in [6, 6.07) is 27.2. The summed E-state index contributed by atoms with van der Waals surface area (Å²) in [4.78, 5) is 29.8. The largest absolute Gasteiger partial charge is 0.457 e. The molecule has 4 aromatic rings. The zero-order valence-corrected chi connectivity index (χ0v) is 26.8. The summed E-state index contributed by atoms with van der Waals surface area (Å²) in [5.74, 6) is -0.959. The lowest BCUT2D eigenvalue weighted by atomic mass is 9.86. The van der Waals surface area contributed by atoms with Crippen LogP contribution in [0.25, 0.3) is 11.1 Å². The van der Waals surface area contributed by atoms with Crippen molar-refractivity contribution < 1.29 is 27.5 Å². The van der Waals surface area contributed by atoms with E-state index in [-0.39, 0.29) is 24.4 Å². The molecule has 0 bridgehead atoms. The number of benzene rings is 4. The van der Waals surface area contributed by atoms with Crippen molar-refractivity contribution in [3.05, 3.63) is 113 Å². The molecule has 2 N–H and O–H groups in total. The maximum Gasteiger partial charge on any atom is 0.405 e. The average Bonchev–Trinajstić information content (AvgIpc) is 3.70. The Labute approximate surface area is 278 Å². The van der Waals surface area contributed by atoms with Gasteiger partial charge in [0.05, 0.1) is 11.5 Å². The fraction of sp³-hybridized carbons (Fsp3) is 0.297. The fourth-order valence-corrected chi connectivity index (χ4v) is 6.70. The van der Waals surface area contributed by atoms with Gasteiger partial charge in [0.25, 0.3) is 5.91 Å². The molecule has 0 aromatic heterocycles.